The van der Waals surface area contributed by atoms with Crippen LogP contribution in [0.1, 0.15) is 5.56 Å². The van der Waals surface area contributed by atoms with Crippen molar-refractivity contribution in [2.45, 2.75) is 5.54 Å². The number of rotatable bonds is 2. The highest BCUT2D eigenvalue weighted by Crippen LogP contribution is 2.35. The molecule has 0 amide bonds. The third kappa shape index (κ3) is 1.54. The van der Waals surface area contributed by atoms with E-state index < -0.39 is 0 Å². The smallest absolute Gasteiger partial charge is 0.0935 e. The highest BCUT2D eigenvalue weighted by molar-refractivity contribution is 5.25. The fourth-order valence-electron chi connectivity index (χ4n) is 2.58. The summed E-state index contributed by atoms with van der Waals surface area (Å²) in [6.45, 7) is 5.99. The Hall–Kier alpha value is -0.970. The third-order valence-electron chi connectivity index (χ3n) is 3.62. The Bertz CT molecular complexity index is 345. The van der Waals surface area contributed by atoms with Crippen LogP contribution in [0.25, 0.3) is 0 Å². The number of hydrogen-bond acceptors (Lipinski definition) is 4. The van der Waals surface area contributed by atoms with Crippen molar-refractivity contribution in [2.24, 2.45) is 0 Å². The van der Waals surface area contributed by atoms with E-state index in [4.69, 9.17) is 4.74 Å². The summed E-state index contributed by atoms with van der Waals surface area (Å²) in [5.74, 6) is 0. The van der Waals surface area contributed by atoms with E-state index in [-0.39, 0.29) is 5.54 Å². The maximum atomic E-state index is 5.46. The van der Waals surface area contributed by atoms with E-state index in [9.17, 15) is 0 Å². The molecule has 4 nitrogen and oxygen atoms in total. The summed E-state index contributed by atoms with van der Waals surface area (Å²) in [6.07, 6.45) is 3.75. The molecule has 3 heterocycles. The van der Waals surface area contributed by atoms with E-state index in [1.54, 1.807) is 0 Å². The van der Waals surface area contributed by atoms with Crippen LogP contribution in [0, 0.1) is 0 Å². The van der Waals surface area contributed by atoms with E-state index in [2.05, 4.69) is 27.3 Å². The van der Waals surface area contributed by atoms with Gasteiger partial charge in [-0.2, -0.15) is 0 Å². The van der Waals surface area contributed by atoms with Crippen LogP contribution in [0.5, 0.6) is 0 Å². The fourth-order valence-corrected chi connectivity index (χ4v) is 2.58. The van der Waals surface area contributed by atoms with Crippen molar-refractivity contribution in [1.82, 2.24) is 15.2 Å². The molecule has 16 heavy (non-hydrogen) atoms. The molecule has 0 aromatic carbocycles. The molecule has 2 saturated heterocycles. The van der Waals surface area contributed by atoms with E-state index in [0.29, 0.717) is 0 Å². The van der Waals surface area contributed by atoms with Crippen molar-refractivity contribution in [3.63, 3.8) is 0 Å². The van der Waals surface area contributed by atoms with E-state index in [1.807, 2.05) is 12.4 Å². The minimum absolute atomic E-state index is 0.116. The summed E-state index contributed by atoms with van der Waals surface area (Å²) in [5, 5.41) is 3.39. The van der Waals surface area contributed by atoms with Gasteiger partial charge in [-0.3, -0.25) is 9.88 Å². The maximum absolute atomic E-state index is 5.46. The molecule has 2 aliphatic rings. The second-order valence-electron chi connectivity index (χ2n) is 4.50. The summed E-state index contributed by atoms with van der Waals surface area (Å²) in [4.78, 5) is 6.63. The Morgan fingerprint density at radius 3 is 2.44 bits per heavy atom. The van der Waals surface area contributed by atoms with Crippen LogP contribution in [-0.4, -0.2) is 49.3 Å². The van der Waals surface area contributed by atoms with Crippen LogP contribution >= 0.6 is 0 Å². The van der Waals surface area contributed by atoms with Gasteiger partial charge in [0.05, 0.1) is 18.8 Å². The first-order valence-corrected chi connectivity index (χ1v) is 5.86. The Balaban J connectivity index is 1.87. The van der Waals surface area contributed by atoms with Crippen molar-refractivity contribution in [3.05, 3.63) is 30.1 Å². The molecule has 1 N–H and O–H groups in total. The molecule has 0 bridgehead atoms. The lowest BCUT2D eigenvalue weighted by Crippen LogP contribution is -2.63. The summed E-state index contributed by atoms with van der Waals surface area (Å²) >= 11 is 0. The predicted molar refractivity (Wildman–Crippen MR) is 61.2 cm³/mol. The van der Waals surface area contributed by atoms with Crippen molar-refractivity contribution in [2.75, 3.05) is 39.4 Å². The molecular formula is C12H17N3O. The molecule has 0 saturated carbocycles. The molecule has 0 spiro atoms. The number of ether oxygens (including phenoxy) is 1. The zero-order chi connectivity index (χ0) is 10.8. The largest absolute Gasteiger partial charge is 0.377 e. The monoisotopic (exact) mass is 219 g/mol. The summed E-state index contributed by atoms with van der Waals surface area (Å²) in [6, 6.07) is 4.23. The van der Waals surface area contributed by atoms with Gasteiger partial charge in [-0.05, 0) is 17.7 Å². The van der Waals surface area contributed by atoms with E-state index in [1.165, 1.54) is 5.56 Å². The van der Waals surface area contributed by atoms with Gasteiger partial charge in [0.1, 0.15) is 0 Å². The molecule has 3 rings (SSSR count). The van der Waals surface area contributed by atoms with Crippen LogP contribution in [0.3, 0.4) is 0 Å². The molecule has 1 aromatic heterocycles. The zero-order valence-electron chi connectivity index (χ0n) is 9.35. The lowest BCUT2D eigenvalue weighted by molar-refractivity contribution is -0.149. The zero-order valence-corrected chi connectivity index (χ0v) is 9.35. The average Bonchev–Trinajstić information content (AvgIpc) is 2.31. The van der Waals surface area contributed by atoms with Crippen molar-refractivity contribution >= 4 is 0 Å². The third-order valence-corrected chi connectivity index (χ3v) is 3.62. The van der Waals surface area contributed by atoms with Gasteiger partial charge in [-0.1, -0.05) is 0 Å². The lowest BCUT2D eigenvalue weighted by Gasteiger charge is -2.51. The maximum Gasteiger partial charge on any atom is 0.0935 e. The topological polar surface area (TPSA) is 37.4 Å². The van der Waals surface area contributed by atoms with Gasteiger partial charge in [-0.25, -0.2) is 0 Å². The Morgan fingerprint density at radius 1 is 1.19 bits per heavy atom. The van der Waals surface area contributed by atoms with Crippen molar-refractivity contribution < 1.29 is 4.74 Å². The van der Waals surface area contributed by atoms with Gasteiger partial charge in [0.15, 0.2) is 0 Å². The van der Waals surface area contributed by atoms with E-state index in [0.717, 1.165) is 39.4 Å². The fraction of sp³-hybridized carbons (Fsp3) is 0.583. The van der Waals surface area contributed by atoms with Gasteiger partial charge in [0.25, 0.3) is 0 Å². The molecule has 0 unspecified atom stereocenters. The van der Waals surface area contributed by atoms with Crippen LogP contribution in [0.2, 0.25) is 0 Å². The van der Waals surface area contributed by atoms with Crippen LogP contribution in [0.4, 0.5) is 0 Å². The highest BCUT2D eigenvalue weighted by Gasteiger charge is 2.45. The summed E-state index contributed by atoms with van der Waals surface area (Å²) in [7, 11) is 0. The minimum Gasteiger partial charge on any atom is -0.377 e. The molecule has 0 radical (unpaired) electrons. The highest BCUT2D eigenvalue weighted by atomic mass is 16.5. The van der Waals surface area contributed by atoms with Gasteiger partial charge in [0.2, 0.25) is 0 Å². The molecule has 1 aromatic rings. The number of hydrogen-bond donors (Lipinski definition) is 1. The molecule has 2 fully saturated rings. The van der Waals surface area contributed by atoms with Crippen molar-refractivity contribution in [3.8, 4) is 0 Å². The van der Waals surface area contributed by atoms with Gasteiger partial charge in [-0.15, -0.1) is 0 Å². The van der Waals surface area contributed by atoms with Crippen LogP contribution < -0.4 is 5.32 Å². The number of pyridine rings is 1. The standard InChI is InChI=1S/C12H17N3O/c1-3-13-4-2-11(1)12(9-16-10-12)15-7-5-14-6-8-15/h1-4,14H,5-10H2. The summed E-state index contributed by atoms with van der Waals surface area (Å²) in [5.41, 5.74) is 1.46. The first-order chi connectivity index (χ1) is 7.92. The Morgan fingerprint density at radius 2 is 1.88 bits per heavy atom. The summed E-state index contributed by atoms with van der Waals surface area (Å²) < 4.78 is 5.46. The average molecular weight is 219 g/mol. The first-order valence-electron chi connectivity index (χ1n) is 5.86. The number of nitrogens with one attached hydrogen (secondary N) is 1. The number of nitrogens with zero attached hydrogens (tertiary/aromatic N) is 2. The molecule has 2 aliphatic heterocycles. The quantitative estimate of drug-likeness (QED) is 0.771. The number of aromatic nitrogens is 1. The number of piperazine rings is 1. The second-order valence-corrected chi connectivity index (χ2v) is 4.50. The normalized spacial score (nSPS) is 25.0. The SMILES string of the molecule is c1cc(C2(N3CCNCC3)COC2)ccn1. The Kier molecular flexibility index (Phi) is 2.63. The first kappa shape index (κ1) is 10.2. The van der Waals surface area contributed by atoms with Gasteiger partial charge >= 0.3 is 0 Å². The van der Waals surface area contributed by atoms with Crippen LogP contribution in [-0.2, 0) is 10.3 Å². The molecular weight excluding hydrogens is 202 g/mol. The van der Waals surface area contributed by atoms with Gasteiger partial charge in [0, 0.05) is 38.6 Å². The van der Waals surface area contributed by atoms with E-state index >= 15 is 0 Å². The molecule has 4 heteroatoms. The molecule has 0 atom stereocenters. The molecule has 0 aliphatic carbocycles. The molecule has 86 valence electrons. The Labute approximate surface area is 95.6 Å². The van der Waals surface area contributed by atoms with Crippen molar-refractivity contribution in [1.29, 1.82) is 0 Å². The van der Waals surface area contributed by atoms with Gasteiger partial charge < -0.3 is 10.1 Å². The minimum atomic E-state index is 0.116. The van der Waals surface area contributed by atoms with Crippen LogP contribution in [0.15, 0.2) is 24.5 Å². The second kappa shape index (κ2) is 4.13. The lowest BCUT2D eigenvalue weighted by atomic mass is 9.86. The predicted octanol–water partition coefficient (Wildman–Crippen LogP) is 0.212.